The molecule has 0 aliphatic carbocycles. The van der Waals surface area contributed by atoms with Gasteiger partial charge in [0, 0.05) is 25.9 Å². The van der Waals surface area contributed by atoms with Crippen LogP contribution in [0.15, 0.2) is 81.8 Å². The molecule has 0 N–H and O–H groups in total. The normalized spacial score (nSPS) is 11.6. The summed E-state index contributed by atoms with van der Waals surface area (Å²) in [5, 5.41) is 2.44. The number of ether oxygens (including phenoxy) is 1. The van der Waals surface area contributed by atoms with Crippen LogP contribution in [-0.4, -0.2) is 11.2 Å². The Labute approximate surface area is 163 Å². The highest BCUT2D eigenvalue weighted by atomic mass is 79.9. The van der Waals surface area contributed by atoms with Crippen LogP contribution in [0.5, 0.6) is 5.75 Å². The molecule has 0 aliphatic rings. The maximum atomic E-state index is 5.75. The van der Waals surface area contributed by atoms with Crippen LogP contribution >= 0.6 is 31.9 Å². The largest absolute Gasteiger partial charge is 0.489 e. The predicted molar refractivity (Wildman–Crippen MR) is 112 cm³/mol. The Kier molecular flexibility index (Phi) is 4.64. The van der Waals surface area contributed by atoms with Crippen molar-refractivity contribution in [1.29, 1.82) is 0 Å². The second kappa shape index (κ2) is 7.06. The van der Waals surface area contributed by atoms with E-state index >= 15 is 0 Å². The second-order valence-corrected chi connectivity index (χ2v) is 7.53. The van der Waals surface area contributed by atoms with E-state index in [1.807, 2.05) is 36.4 Å². The lowest BCUT2D eigenvalue weighted by atomic mass is 10.2. The number of fused-ring (bicyclic) bond motifs is 3. The van der Waals surface area contributed by atoms with Crippen molar-refractivity contribution in [3.8, 4) is 5.75 Å². The summed E-state index contributed by atoms with van der Waals surface area (Å²) in [6.07, 6.45) is 4.12. The van der Waals surface area contributed by atoms with Crippen LogP contribution in [0.3, 0.4) is 0 Å². The van der Waals surface area contributed by atoms with Gasteiger partial charge in [0.2, 0.25) is 0 Å². The molecule has 0 unspecified atom stereocenters. The molecule has 1 heterocycles. The highest BCUT2D eigenvalue weighted by Crippen LogP contribution is 2.33. The minimum atomic E-state index is 0.526. The molecular weight excluding hydrogens is 442 g/mol. The summed E-state index contributed by atoms with van der Waals surface area (Å²) < 4.78 is 10.1. The van der Waals surface area contributed by atoms with Crippen molar-refractivity contribution in [3.63, 3.8) is 0 Å². The molecule has 0 amide bonds. The van der Waals surface area contributed by atoms with Gasteiger partial charge in [0.05, 0.1) is 11.0 Å². The predicted octanol–water partition coefficient (Wildman–Crippen LogP) is 6.87. The molecular formula is C21H15Br2NO. The van der Waals surface area contributed by atoms with Crippen molar-refractivity contribution in [2.45, 2.75) is 0 Å². The average Bonchev–Trinajstić information content (AvgIpc) is 2.92. The number of aromatic nitrogens is 1. The first-order valence-corrected chi connectivity index (χ1v) is 9.54. The average molecular weight is 457 g/mol. The summed E-state index contributed by atoms with van der Waals surface area (Å²) in [7, 11) is 0. The van der Waals surface area contributed by atoms with Crippen molar-refractivity contribution in [3.05, 3.63) is 81.8 Å². The van der Waals surface area contributed by atoms with E-state index in [2.05, 4.69) is 79.0 Å². The molecule has 0 bridgehead atoms. The molecule has 0 spiro atoms. The van der Waals surface area contributed by atoms with E-state index in [1.54, 1.807) is 0 Å². The Balaban J connectivity index is 1.71. The molecule has 1 aromatic heterocycles. The quantitative estimate of drug-likeness (QED) is 0.326. The van der Waals surface area contributed by atoms with Crippen molar-refractivity contribution in [2.75, 3.05) is 6.61 Å². The van der Waals surface area contributed by atoms with Gasteiger partial charge < -0.3 is 9.30 Å². The van der Waals surface area contributed by atoms with E-state index in [-0.39, 0.29) is 0 Å². The molecule has 0 saturated heterocycles. The Hall–Kier alpha value is -2.04. The molecule has 2 nitrogen and oxygen atoms in total. The Morgan fingerprint density at radius 1 is 0.800 bits per heavy atom. The van der Waals surface area contributed by atoms with Gasteiger partial charge in [-0.3, -0.25) is 0 Å². The van der Waals surface area contributed by atoms with Gasteiger partial charge in [-0.15, -0.1) is 0 Å². The molecule has 25 heavy (non-hydrogen) atoms. The van der Waals surface area contributed by atoms with Crippen LogP contribution in [-0.2, 0) is 0 Å². The van der Waals surface area contributed by atoms with Crippen molar-refractivity contribution >= 4 is 59.9 Å². The number of hydrogen-bond donors (Lipinski definition) is 0. The number of hydrogen-bond acceptors (Lipinski definition) is 1. The third-order valence-electron chi connectivity index (χ3n) is 4.07. The molecule has 0 fully saturated rings. The standard InChI is InChI=1S/C21H15Br2NO/c22-15-7-9-20-18(13-15)19-14-16(23)8-10-21(19)24(20)11-4-12-25-17-5-2-1-3-6-17/h1-11,13-14H,12H2/b11-4+. The maximum absolute atomic E-state index is 5.75. The lowest BCUT2D eigenvalue weighted by molar-refractivity contribution is 0.363. The third-order valence-corrected chi connectivity index (χ3v) is 5.06. The minimum Gasteiger partial charge on any atom is -0.489 e. The maximum Gasteiger partial charge on any atom is 0.119 e. The lowest BCUT2D eigenvalue weighted by Crippen LogP contribution is -1.94. The lowest BCUT2D eigenvalue weighted by Gasteiger charge is -2.03. The second-order valence-electron chi connectivity index (χ2n) is 5.70. The van der Waals surface area contributed by atoms with Crippen LogP contribution in [0.1, 0.15) is 0 Å². The zero-order valence-corrected chi connectivity index (χ0v) is 16.5. The summed E-state index contributed by atoms with van der Waals surface area (Å²) in [6.45, 7) is 0.526. The fourth-order valence-corrected chi connectivity index (χ4v) is 3.69. The van der Waals surface area contributed by atoms with Gasteiger partial charge in [-0.05, 0) is 54.6 Å². The number of nitrogens with zero attached hydrogens (tertiary/aromatic N) is 1. The smallest absolute Gasteiger partial charge is 0.119 e. The van der Waals surface area contributed by atoms with E-state index in [1.165, 1.54) is 21.8 Å². The van der Waals surface area contributed by atoms with Crippen molar-refractivity contribution in [2.24, 2.45) is 0 Å². The first-order chi connectivity index (χ1) is 12.2. The van der Waals surface area contributed by atoms with Gasteiger partial charge in [-0.25, -0.2) is 0 Å². The molecule has 0 saturated carbocycles. The van der Waals surface area contributed by atoms with Crippen LogP contribution in [0.4, 0.5) is 0 Å². The van der Waals surface area contributed by atoms with Crippen LogP contribution in [0, 0.1) is 0 Å². The van der Waals surface area contributed by atoms with Crippen LogP contribution < -0.4 is 4.74 Å². The molecule has 4 aromatic rings. The zero-order valence-electron chi connectivity index (χ0n) is 13.3. The zero-order chi connectivity index (χ0) is 17.2. The minimum absolute atomic E-state index is 0.526. The highest BCUT2D eigenvalue weighted by Gasteiger charge is 2.09. The van der Waals surface area contributed by atoms with E-state index in [0.29, 0.717) is 6.61 Å². The molecule has 3 aromatic carbocycles. The molecule has 4 heteroatoms. The van der Waals surface area contributed by atoms with Gasteiger partial charge in [0.15, 0.2) is 0 Å². The van der Waals surface area contributed by atoms with Crippen LogP contribution in [0.2, 0.25) is 0 Å². The number of halogens is 2. The summed E-state index contributed by atoms with van der Waals surface area (Å²) >= 11 is 7.15. The van der Waals surface area contributed by atoms with Gasteiger partial charge in [0.25, 0.3) is 0 Å². The van der Waals surface area contributed by atoms with E-state index in [0.717, 1.165) is 14.7 Å². The summed E-state index contributed by atoms with van der Waals surface area (Å²) in [5.74, 6) is 0.877. The van der Waals surface area contributed by atoms with E-state index in [9.17, 15) is 0 Å². The number of para-hydroxylation sites is 1. The fraction of sp³-hybridized carbons (Fsp3) is 0.0476. The van der Waals surface area contributed by atoms with Gasteiger partial charge in [-0.2, -0.15) is 0 Å². The third kappa shape index (κ3) is 3.37. The van der Waals surface area contributed by atoms with E-state index in [4.69, 9.17) is 4.74 Å². The summed E-state index contributed by atoms with van der Waals surface area (Å²) in [6, 6.07) is 22.6. The van der Waals surface area contributed by atoms with Gasteiger partial charge in [-0.1, -0.05) is 50.1 Å². The molecule has 0 radical (unpaired) electrons. The van der Waals surface area contributed by atoms with Crippen LogP contribution in [0.25, 0.3) is 28.0 Å². The topological polar surface area (TPSA) is 14.2 Å². The van der Waals surface area contributed by atoms with Gasteiger partial charge in [0.1, 0.15) is 12.4 Å². The Bertz CT molecular complexity index is 1010. The highest BCUT2D eigenvalue weighted by molar-refractivity contribution is 9.10. The fourth-order valence-electron chi connectivity index (χ4n) is 2.97. The number of rotatable bonds is 4. The summed E-state index contributed by atoms with van der Waals surface area (Å²) in [5.41, 5.74) is 2.35. The molecule has 0 atom stereocenters. The van der Waals surface area contributed by atoms with Crippen molar-refractivity contribution < 1.29 is 4.74 Å². The van der Waals surface area contributed by atoms with Gasteiger partial charge >= 0.3 is 0 Å². The Morgan fingerprint density at radius 3 is 2.00 bits per heavy atom. The SMILES string of the molecule is Brc1ccc2c(c1)c1cc(Br)ccc1n2/C=C/COc1ccccc1. The molecule has 124 valence electrons. The number of benzene rings is 3. The van der Waals surface area contributed by atoms with Crippen molar-refractivity contribution in [1.82, 2.24) is 4.57 Å². The van der Waals surface area contributed by atoms with E-state index < -0.39 is 0 Å². The Morgan fingerprint density at radius 2 is 1.40 bits per heavy atom. The molecule has 0 aliphatic heterocycles. The first kappa shape index (κ1) is 16.4. The summed E-state index contributed by atoms with van der Waals surface area (Å²) in [4.78, 5) is 0. The first-order valence-electron chi connectivity index (χ1n) is 7.95. The molecule has 4 rings (SSSR count). The monoisotopic (exact) mass is 455 g/mol.